The van der Waals surface area contributed by atoms with Crippen molar-refractivity contribution in [3.05, 3.63) is 52.4 Å². The molecule has 0 aliphatic rings. The lowest BCUT2D eigenvalue weighted by Gasteiger charge is -2.04. The van der Waals surface area contributed by atoms with Crippen molar-refractivity contribution in [3.8, 4) is 6.07 Å². The monoisotopic (exact) mass is 322 g/mol. The maximum absolute atomic E-state index is 12.0. The van der Waals surface area contributed by atoms with Gasteiger partial charge in [0.2, 0.25) is 10.0 Å². The van der Waals surface area contributed by atoms with Crippen LogP contribution >= 0.6 is 11.3 Å². The number of benzene rings is 1. The van der Waals surface area contributed by atoms with Crippen molar-refractivity contribution < 1.29 is 18.3 Å². The minimum Gasteiger partial charge on any atom is -0.477 e. The van der Waals surface area contributed by atoms with Crippen molar-refractivity contribution in [3.63, 3.8) is 0 Å². The van der Waals surface area contributed by atoms with Crippen molar-refractivity contribution >= 4 is 27.3 Å². The average Bonchev–Trinajstić information content (AvgIpc) is 2.97. The van der Waals surface area contributed by atoms with Crippen molar-refractivity contribution in [2.24, 2.45) is 0 Å². The fourth-order valence-corrected chi connectivity index (χ4v) is 3.73. The molecule has 0 spiro atoms. The first kappa shape index (κ1) is 15.2. The zero-order valence-corrected chi connectivity index (χ0v) is 12.2. The number of carbonyl (C=O) groups is 1. The average molecular weight is 322 g/mol. The van der Waals surface area contributed by atoms with Crippen LogP contribution in [0, 0.1) is 11.3 Å². The van der Waals surface area contributed by atoms with Crippen LogP contribution in [0.4, 0.5) is 0 Å². The van der Waals surface area contributed by atoms with Crippen molar-refractivity contribution in [2.45, 2.75) is 10.8 Å². The molecule has 0 bridgehead atoms. The Hall–Kier alpha value is -2.21. The minimum atomic E-state index is -3.75. The van der Waals surface area contributed by atoms with Crippen molar-refractivity contribution in [1.82, 2.24) is 4.72 Å². The van der Waals surface area contributed by atoms with Gasteiger partial charge in [0.15, 0.2) is 0 Å². The highest BCUT2D eigenvalue weighted by molar-refractivity contribution is 7.91. The van der Waals surface area contributed by atoms with E-state index in [1.165, 1.54) is 12.1 Å². The van der Waals surface area contributed by atoms with Crippen LogP contribution in [0.2, 0.25) is 0 Å². The standard InChI is InChI=1S/C13H10N2O4S2/c14-7-9-1-3-10(4-2-9)8-15-21(18,19)12-6-5-11(20-12)13(16)17/h1-6,15H,8H2,(H,16,17). The van der Waals surface area contributed by atoms with Crippen LogP contribution in [-0.2, 0) is 16.6 Å². The predicted octanol–water partition coefficient (Wildman–Crippen LogP) is 1.80. The van der Waals surface area contributed by atoms with E-state index in [0.717, 1.165) is 0 Å². The van der Waals surface area contributed by atoms with Gasteiger partial charge in [-0.1, -0.05) is 12.1 Å². The first-order valence-corrected chi connectivity index (χ1v) is 8.04. The SMILES string of the molecule is N#Cc1ccc(CNS(=O)(=O)c2ccc(C(=O)O)s2)cc1. The number of hydrogen-bond acceptors (Lipinski definition) is 5. The lowest BCUT2D eigenvalue weighted by atomic mass is 10.1. The smallest absolute Gasteiger partial charge is 0.345 e. The number of carboxylic acids is 1. The molecular formula is C13H10N2O4S2. The number of rotatable bonds is 5. The summed E-state index contributed by atoms with van der Waals surface area (Å²) in [5, 5.41) is 17.5. The van der Waals surface area contributed by atoms with Crippen LogP contribution < -0.4 is 4.72 Å². The van der Waals surface area contributed by atoms with E-state index < -0.39 is 16.0 Å². The normalized spacial score (nSPS) is 11.0. The Kier molecular flexibility index (Phi) is 4.37. The number of nitrogens with zero attached hydrogens (tertiary/aromatic N) is 1. The number of hydrogen-bond donors (Lipinski definition) is 2. The molecule has 0 unspecified atom stereocenters. The number of thiophene rings is 1. The van der Waals surface area contributed by atoms with E-state index in [1.54, 1.807) is 24.3 Å². The second-order valence-electron chi connectivity index (χ2n) is 4.06. The number of sulfonamides is 1. The second kappa shape index (κ2) is 6.05. The van der Waals surface area contributed by atoms with Gasteiger partial charge in [-0.25, -0.2) is 17.9 Å². The van der Waals surface area contributed by atoms with Crippen LogP contribution in [-0.4, -0.2) is 19.5 Å². The molecule has 1 aromatic carbocycles. The first-order chi connectivity index (χ1) is 9.92. The third-order valence-electron chi connectivity index (χ3n) is 2.61. The Morgan fingerprint density at radius 1 is 1.24 bits per heavy atom. The van der Waals surface area contributed by atoms with Gasteiger partial charge in [0.25, 0.3) is 0 Å². The zero-order chi connectivity index (χ0) is 15.5. The Morgan fingerprint density at radius 3 is 2.43 bits per heavy atom. The molecule has 0 saturated heterocycles. The summed E-state index contributed by atoms with van der Waals surface area (Å²) in [4.78, 5) is 10.7. The molecule has 2 rings (SSSR count). The van der Waals surface area contributed by atoms with E-state index >= 15 is 0 Å². The van der Waals surface area contributed by atoms with Gasteiger partial charge in [0.05, 0.1) is 11.6 Å². The molecule has 0 fully saturated rings. The molecule has 8 heteroatoms. The molecule has 21 heavy (non-hydrogen) atoms. The van der Waals surface area contributed by atoms with Gasteiger partial charge in [0.1, 0.15) is 9.09 Å². The van der Waals surface area contributed by atoms with Crippen LogP contribution in [0.5, 0.6) is 0 Å². The Balaban J connectivity index is 2.09. The highest BCUT2D eigenvalue weighted by Crippen LogP contribution is 2.21. The topological polar surface area (TPSA) is 107 Å². The molecular weight excluding hydrogens is 312 g/mol. The van der Waals surface area contributed by atoms with Crippen LogP contribution in [0.1, 0.15) is 20.8 Å². The molecule has 1 heterocycles. The largest absolute Gasteiger partial charge is 0.477 e. The molecule has 6 nitrogen and oxygen atoms in total. The summed E-state index contributed by atoms with van der Waals surface area (Å²) in [7, 11) is -3.75. The lowest BCUT2D eigenvalue weighted by molar-refractivity contribution is 0.0702. The third-order valence-corrected chi connectivity index (χ3v) is 5.57. The van der Waals surface area contributed by atoms with Gasteiger partial charge in [-0.15, -0.1) is 11.3 Å². The quantitative estimate of drug-likeness (QED) is 0.872. The zero-order valence-electron chi connectivity index (χ0n) is 10.6. The fraction of sp³-hybridized carbons (Fsp3) is 0.0769. The Morgan fingerprint density at radius 2 is 1.90 bits per heavy atom. The highest BCUT2D eigenvalue weighted by atomic mass is 32.2. The minimum absolute atomic E-state index is 0.0336. The van der Waals surface area contributed by atoms with E-state index in [9.17, 15) is 13.2 Å². The molecule has 0 aliphatic heterocycles. The van der Waals surface area contributed by atoms with Crippen molar-refractivity contribution in [1.29, 1.82) is 5.26 Å². The molecule has 0 radical (unpaired) electrons. The number of aromatic carboxylic acids is 1. The summed E-state index contributed by atoms with van der Waals surface area (Å²) < 4.78 is 26.4. The number of nitriles is 1. The molecule has 0 aliphatic carbocycles. The molecule has 0 atom stereocenters. The van der Waals surface area contributed by atoms with Crippen LogP contribution in [0.15, 0.2) is 40.6 Å². The molecule has 0 saturated carbocycles. The van der Waals surface area contributed by atoms with E-state index in [4.69, 9.17) is 10.4 Å². The molecule has 1 aromatic heterocycles. The van der Waals surface area contributed by atoms with E-state index in [1.807, 2.05) is 6.07 Å². The summed E-state index contributed by atoms with van der Waals surface area (Å²) in [5.74, 6) is -1.16. The van der Waals surface area contributed by atoms with Gasteiger partial charge in [-0.05, 0) is 29.8 Å². The highest BCUT2D eigenvalue weighted by Gasteiger charge is 2.18. The number of carboxylic acid groups (broad SMARTS) is 1. The number of nitrogens with one attached hydrogen (secondary N) is 1. The predicted molar refractivity (Wildman–Crippen MR) is 76.5 cm³/mol. The van der Waals surface area contributed by atoms with Gasteiger partial charge in [-0.3, -0.25) is 0 Å². The van der Waals surface area contributed by atoms with Crippen LogP contribution in [0.3, 0.4) is 0 Å². The molecule has 2 N–H and O–H groups in total. The molecule has 108 valence electrons. The van der Waals surface area contributed by atoms with E-state index in [2.05, 4.69) is 4.72 Å². The van der Waals surface area contributed by atoms with E-state index in [-0.39, 0.29) is 15.6 Å². The van der Waals surface area contributed by atoms with Crippen LogP contribution in [0.25, 0.3) is 0 Å². The summed E-state index contributed by atoms with van der Waals surface area (Å²) in [6.45, 7) is 0.0638. The maximum Gasteiger partial charge on any atom is 0.345 e. The Labute approximate surface area is 125 Å². The summed E-state index contributed by atoms with van der Waals surface area (Å²) in [5.41, 5.74) is 1.19. The first-order valence-electron chi connectivity index (χ1n) is 5.74. The third kappa shape index (κ3) is 3.66. The lowest BCUT2D eigenvalue weighted by Crippen LogP contribution is -2.22. The van der Waals surface area contributed by atoms with E-state index in [0.29, 0.717) is 22.5 Å². The Bertz CT molecular complexity index is 801. The fourth-order valence-electron chi connectivity index (χ4n) is 1.53. The summed E-state index contributed by atoms with van der Waals surface area (Å²) >= 11 is 0.696. The maximum atomic E-state index is 12.0. The summed E-state index contributed by atoms with van der Waals surface area (Å²) in [6.07, 6.45) is 0. The summed E-state index contributed by atoms with van der Waals surface area (Å²) in [6, 6.07) is 11.0. The van der Waals surface area contributed by atoms with Gasteiger partial charge >= 0.3 is 5.97 Å². The van der Waals surface area contributed by atoms with Crippen molar-refractivity contribution in [2.75, 3.05) is 0 Å². The molecule has 0 amide bonds. The molecule has 2 aromatic rings. The second-order valence-corrected chi connectivity index (χ2v) is 7.13. The van der Waals surface area contributed by atoms with Gasteiger partial charge in [-0.2, -0.15) is 5.26 Å². The van der Waals surface area contributed by atoms with Gasteiger partial charge < -0.3 is 5.11 Å². The van der Waals surface area contributed by atoms with Gasteiger partial charge in [0, 0.05) is 6.54 Å².